The Hall–Kier alpha value is -1.59. The van der Waals surface area contributed by atoms with Gasteiger partial charge in [0.15, 0.2) is 0 Å². The van der Waals surface area contributed by atoms with Crippen LogP contribution in [0.4, 0.5) is 0 Å². The fourth-order valence-electron chi connectivity index (χ4n) is 2.41. The van der Waals surface area contributed by atoms with Gasteiger partial charge in [-0.05, 0) is 23.1 Å². The first-order valence-electron chi connectivity index (χ1n) is 7.75. The van der Waals surface area contributed by atoms with Gasteiger partial charge in [-0.15, -0.1) is 12.4 Å². The molecule has 1 aromatic rings. The van der Waals surface area contributed by atoms with Gasteiger partial charge >= 0.3 is 0 Å². The highest BCUT2D eigenvalue weighted by molar-refractivity contribution is 5.96. The lowest BCUT2D eigenvalue weighted by atomic mass is 9.87. The van der Waals surface area contributed by atoms with E-state index in [0.29, 0.717) is 18.7 Å². The zero-order chi connectivity index (χ0) is 16.2. The van der Waals surface area contributed by atoms with Crippen molar-refractivity contribution in [3.63, 3.8) is 0 Å². The third-order valence-electron chi connectivity index (χ3n) is 3.88. The van der Waals surface area contributed by atoms with Crippen molar-refractivity contribution in [1.82, 2.24) is 15.5 Å². The molecule has 1 aromatic carbocycles. The Morgan fingerprint density at radius 2 is 1.70 bits per heavy atom. The maximum atomic E-state index is 12.1. The number of benzene rings is 1. The van der Waals surface area contributed by atoms with Crippen molar-refractivity contribution in [2.45, 2.75) is 26.2 Å². The number of piperazine rings is 1. The van der Waals surface area contributed by atoms with E-state index in [0.717, 1.165) is 13.1 Å². The lowest BCUT2D eigenvalue weighted by Gasteiger charge is -2.27. The minimum Gasteiger partial charge on any atom is -0.343 e. The predicted molar refractivity (Wildman–Crippen MR) is 94.2 cm³/mol. The number of rotatable bonds is 3. The Morgan fingerprint density at radius 1 is 1.13 bits per heavy atom. The number of carbonyl (C=O) groups excluding carboxylic acids is 2. The second-order valence-electron chi connectivity index (χ2n) is 6.64. The van der Waals surface area contributed by atoms with E-state index in [1.54, 1.807) is 4.90 Å². The van der Waals surface area contributed by atoms with Crippen LogP contribution < -0.4 is 10.6 Å². The summed E-state index contributed by atoms with van der Waals surface area (Å²) in [6, 6.07) is 7.55. The molecule has 1 aliphatic rings. The number of hydrogen-bond donors (Lipinski definition) is 2. The fourth-order valence-corrected chi connectivity index (χ4v) is 2.41. The van der Waals surface area contributed by atoms with E-state index in [4.69, 9.17) is 0 Å². The van der Waals surface area contributed by atoms with Crippen LogP contribution in [0.3, 0.4) is 0 Å². The summed E-state index contributed by atoms with van der Waals surface area (Å²) in [5, 5.41) is 5.90. The lowest BCUT2D eigenvalue weighted by molar-refractivity contribution is -0.130. The molecular formula is C17H26ClN3O2. The Kier molecular flexibility index (Phi) is 7.03. The normalized spacial score (nSPS) is 14.8. The van der Waals surface area contributed by atoms with E-state index >= 15 is 0 Å². The van der Waals surface area contributed by atoms with Crippen LogP contribution in [0.2, 0.25) is 0 Å². The zero-order valence-corrected chi connectivity index (χ0v) is 14.8. The van der Waals surface area contributed by atoms with Crippen LogP contribution in [0, 0.1) is 0 Å². The van der Waals surface area contributed by atoms with Crippen LogP contribution in [0.15, 0.2) is 24.3 Å². The molecule has 0 aromatic heterocycles. The molecule has 0 unspecified atom stereocenters. The number of hydrogen-bond acceptors (Lipinski definition) is 3. The van der Waals surface area contributed by atoms with Crippen LogP contribution in [-0.4, -0.2) is 49.4 Å². The molecule has 0 radical (unpaired) electrons. The second-order valence-corrected chi connectivity index (χ2v) is 6.64. The van der Waals surface area contributed by atoms with Gasteiger partial charge in [-0.3, -0.25) is 9.59 Å². The smallest absolute Gasteiger partial charge is 0.251 e. The third-order valence-corrected chi connectivity index (χ3v) is 3.88. The highest BCUT2D eigenvalue weighted by Gasteiger charge is 2.18. The average molecular weight is 340 g/mol. The monoisotopic (exact) mass is 339 g/mol. The molecule has 1 saturated heterocycles. The van der Waals surface area contributed by atoms with Crippen LogP contribution in [-0.2, 0) is 10.2 Å². The summed E-state index contributed by atoms with van der Waals surface area (Å²) < 4.78 is 0. The summed E-state index contributed by atoms with van der Waals surface area (Å²) in [5.41, 5.74) is 1.83. The van der Waals surface area contributed by atoms with Gasteiger partial charge in [0, 0.05) is 31.7 Å². The molecule has 1 heterocycles. The average Bonchev–Trinajstić information content (AvgIpc) is 2.52. The number of nitrogens with zero attached hydrogens (tertiary/aromatic N) is 1. The molecule has 1 aliphatic heterocycles. The molecule has 0 saturated carbocycles. The zero-order valence-electron chi connectivity index (χ0n) is 14.0. The van der Waals surface area contributed by atoms with Crippen molar-refractivity contribution in [2.75, 3.05) is 32.7 Å². The van der Waals surface area contributed by atoms with Crippen molar-refractivity contribution in [3.8, 4) is 0 Å². The van der Waals surface area contributed by atoms with Crippen molar-refractivity contribution in [3.05, 3.63) is 35.4 Å². The van der Waals surface area contributed by atoms with Gasteiger partial charge in [0.2, 0.25) is 5.91 Å². The number of halogens is 1. The van der Waals surface area contributed by atoms with E-state index in [1.807, 2.05) is 24.3 Å². The van der Waals surface area contributed by atoms with Gasteiger partial charge in [-0.2, -0.15) is 0 Å². The molecule has 23 heavy (non-hydrogen) atoms. The quantitative estimate of drug-likeness (QED) is 0.878. The maximum Gasteiger partial charge on any atom is 0.251 e. The standard InChI is InChI=1S/C17H25N3O2.ClH/c1-17(2,3)14-6-4-13(5-7-14)16(22)19-12-15(21)20-10-8-18-9-11-20;/h4-7,18H,8-12H2,1-3H3,(H,19,22);1H. The summed E-state index contributed by atoms with van der Waals surface area (Å²) in [4.78, 5) is 25.9. The van der Waals surface area contributed by atoms with Crippen molar-refractivity contribution >= 4 is 24.2 Å². The highest BCUT2D eigenvalue weighted by Crippen LogP contribution is 2.22. The summed E-state index contributed by atoms with van der Waals surface area (Å²) in [6.07, 6.45) is 0. The highest BCUT2D eigenvalue weighted by atomic mass is 35.5. The van der Waals surface area contributed by atoms with Gasteiger partial charge in [0.05, 0.1) is 6.54 Å². The molecule has 6 heteroatoms. The summed E-state index contributed by atoms with van der Waals surface area (Å²) in [7, 11) is 0. The van der Waals surface area contributed by atoms with E-state index < -0.39 is 0 Å². The minimum absolute atomic E-state index is 0. The van der Waals surface area contributed by atoms with Gasteiger partial charge in [0.25, 0.3) is 5.91 Å². The van der Waals surface area contributed by atoms with E-state index in [-0.39, 0.29) is 36.2 Å². The second kappa shape index (κ2) is 8.31. The summed E-state index contributed by atoms with van der Waals surface area (Å²) >= 11 is 0. The molecule has 5 nitrogen and oxygen atoms in total. The first-order chi connectivity index (χ1) is 10.4. The summed E-state index contributed by atoms with van der Waals surface area (Å²) in [6.45, 7) is 9.49. The van der Waals surface area contributed by atoms with Crippen LogP contribution >= 0.6 is 12.4 Å². The van der Waals surface area contributed by atoms with E-state index in [1.165, 1.54) is 5.56 Å². The van der Waals surface area contributed by atoms with Gasteiger partial charge in [0.1, 0.15) is 0 Å². The van der Waals surface area contributed by atoms with Crippen molar-refractivity contribution in [2.24, 2.45) is 0 Å². The fraction of sp³-hybridized carbons (Fsp3) is 0.529. The molecule has 0 bridgehead atoms. The molecule has 2 N–H and O–H groups in total. The van der Waals surface area contributed by atoms with Crippen molar-refractivity contribution < 1.29 is 9.59 Å². The largest absolute Gasteiger partial charge is 0.343 e. The Bertz CT molecular complexity index is 532. The van der Waals surface area contributed by atoms with E-state index in [2.05, 4.69) is 31.4 Å². The predicted octanol–water partition coefficient (Wildman–Crippen LogP) is 1.57. The molecule has 2 rings (SSSR count). The van der Waals surface area contributed by atoms with Gasteiger partial charge in [-0.1, -0.05) is 32.9 Å². The number of amides is 2. The molecule has 0 aliphatic carbocycles. The Labute approximate surface area is 144 Å². The first-order valence-corrected chi connectivity index (χ1v) is 7.75. The molecular weight excluding hydrogens is 314 g/mol. The topological polar surface area (TPSA) is 61.4 Å². The SMILES string of the molecule is CC(C)(C)c1ccc(C(=O)NCC(=O)N2CCNCC2)cc1.Cl. The maximum absolute atomic E-state index is 12.1. The third kappa shape index (κ3) is 5.52. The lowest BCUT2D eigenvalue weighted by Crippen LogP contribution is -2.49. The van der Waals surface area contributed by atoms with Gasteiger partial charge < -0.3 is 15.5 Å². The summed E-state index contributed by atoms with van der Waals surface area (Å²) in [5.74, 6) is -0.231. The van der Waals surface area contributed by atoms with Crippen LogP contribution in [0.5, 0.6) is 0 Å². The molecule has 128 valence electrons. The van der Waals surface area contributed by atoms with E-state index in [9.17, 15) is 9.59 Å². The first kappa shape index (κ1) is 19.5. The molecule has 0 atom stereocenters. The molecule has 0 spiro atoms. The van der Waals surface area contributed by atoms with Gasteiger partial charge in [-0.25, -0.2) is 0 Å². The van der Waals surface area contributed by atoms with Crippen LogP contribution in [0.1, 0.15) is 36.7 Å². The van der Waals surface area contributed by atoms with Crippen LogP contribution in [0.25, 0.3) is 0 Å². The molecule has 1 fully saturated rings. The number of carbonyl (C=O) groups is 2. The molecule has 2 amide bonds. The minimum atomic E-state index is -0.205. The Morgan fingerprint density at radius 3 is 2.22 bits per heavy atom. The number of nitrogens with one attached hydrogen (secondary N) is 2. The Balaban J connectivity index is 0.00000264. The van der Waals surface area contributed by atoms with Crippen molar-refractivity contribution in [1.29, 1.82) is 0 Å².